The van der Waals surface area contributed by atoms with Gasteiger partial charge in [0.15, 0.2) is 11.5 Å². The average Bonchev–Trinajstić information content (AvgIpc) is 3.45. The van der Waals surface area contributed by atoms with E-state index in [9.17, 15) is 22.8 Å². The predicted molar refractivity (Wildman–Crippen MR) is 131 cm³/mol. The Bertz CT molecular complexity index is 1300. The first kappa shape index (κ1) is 25.1. The Labute approximate surface area is 211 Å². The second-order valence-electron chi connectivity index (χ2n) is 7.76. The van der Waals surface area contributed by atoms with E-state index in [1.165, 1.54) is 55.7 Å². The molecule has 2 heterocycles. The van der Waals surface area contributed by atoms with Gasteiger partial charge in [-0.1, -0.05) is 17.7 Å². The molecule has 4 rings (SSSR count). The van der Waals surface area contributed by atoms with Crippen LogP contribution in [0, 0.1) is 0 Å². The van der Waals surface area contributed by atoms with E-state index in [1.807, 2.05) is 0 Å². The molecule has 0 atom stereocenters. The number of carbonyl (C=O) groups excluding carboxylic acids is 3. The third kappa shape index (κ3) is 5.63. The molecule has 184 valence electrons. The van der Waals surface area contributed by atoms with Crippen LogP contribution in [0.15, 0.2) is 52.3 Å². The van der Waals surface area contributed by atoms with Gasteiger partial charge < -0.3 is 13.8 Å². The molecule has 2 aromatic carbocycles. The number of hydrogen-bond donors (Lipinski definition) is 0. The van der Waals surface area contributed by atoms with Gasteiger partial charge in [0, 0.05) is 18.1 Å². The van der Waals surface area contributed by atoms with Crippen molar-refractivity contribution in [3.63, 3.8) is 0 Å². The van der Waals surface area contributed by atoms with Gasteiger partial charge in [-0.2, -0.15) is 8.42 Å². The van der Waals surface area contributed by atoms with Crippen LogP contribution in [0.3, 0.4) is 0 Å². The number of ether oxygens (including phenoxy) is 1. The number of benzene rings is 2. The lowest BCUT2D eigenvalue weighted by Crippen LogP contribution is -2.40. The molecule has 2 aliphatic rings. The van der Waals surface area contributed by atoms with Crippen LogP contribution in [0.2, 0.25) is 5.02 Å². The van der Waals surface area contributed by atoms with Gasteiger partial charge in [0.05, 0.1) is 12.0 Å². The molecular weight excluding hydrogens is 516 g/mol. The maximum absolute atomic E-state index is 12.8. The summed E-state index contributed by atoms with van der Waals surface area (Å²) >= 11 is 6.55. The van der Waals surface area contributed by atoms with Crippen LogP contribution in [0.25, 0.3) is 6.08 Å². The van der Waals surface area contributed by atoms with Gasteiger partial charge in [0.25, 0.3) is 11.1 Å². The van der Waals surface area contributed by atoms with Crippen molar-refractivity contribution in [3.8, 4) is 11.5 Å². The number of thioether (sulfide) groups is 1. The minimum Gasteiger partial charge on any atom is -0.493 e. The standard InChI is InChI=1S/C23H21ClN2O7S2/c1-32-19-12-15(4-9-18(19)33-35(30,31)17-7-5-16(24)6-8-17)13-20-22(28)26(23(29)34-20)14-21(27)25-10-2-3-11-25/h4-9,12-13H,2-3,10-11,14H2,1H3/b20-13-. The van der Waals surface area contributed by atoms with Crippen LogP contribution in [0.4, 0.5) is 4.79 Å². The summed E-state index contributed by atoms with van der Waals surface area (Å²) in [4.78, 5) is 40.2. The zero-order valence-corrected chi connectivity index (χ0v) is 21.0. The highest BCUT2D eigenvalue weighted by molar-refractivity contribution is 8.18. The lowest BCUT2D eigenvalue weighted by molar-refractivity contribution is -0.135. The minimum atomic E-state index is -4.14. The fourth-order valence-electron chi connectivity index (χ4n) is 3.60. The molecule has 9 nitrogen and oxygen atoms in total. The number of amides is 3. The highest BCUT2D eigenvalue weighted by Crippen LogP contribution is 2.35. The van der Waals surface area contributed by atoms with Crippen molar-refractivity contribution in [2.24, 2.45) is 0 Å². The summed E-state index contributed by atoms with van der Waals surface area (Å²) in [5, 5.41) is -0.134. The first-order valence-electron chi connectivity index (χ1n) is 10.6. The van der Waals surface area contributed by atoms with E-state index in [1.54, 1.807) is 4.90 Å². The first-order valence-corrected chi connectivity index (χ1v) is 13.2. The van der Waals surface area contributed by atoms with Gasteiger partial charge in [-0.15, -0.1) is 0 Å². The molecule has 12 heteroatoms. The summed E-state index contributed by atoms with van der Waals surface area (Å²) in [5.74, 6) is -0.753. The van der Waals surface area contributed by atoms with E-state index in [-0.39, 0.29) is 33.8 Å². The molecule has 0 aromatic heterocycles. The third-order valence-corrected chi connectivity index (χ3v) is 7.82. The predicted octanol–water partition coefficient (Wildman–Crippen LogP) is 3.78. The van der Waals surface area contributed by atoms with Crippen molar-refractivity contribution >= 4 is 56.6 Å². The van der Waals surface area contributed by atoms with Crippen LogP contribution in [-0.2, 0) is 19.7 Å². The average molecular weight is 537 g/mol. The molecule has 0 unspecified atom stereocenters. The second-order valence-corrected chi connectivity index (χ2v) is 10.7. The molecule has 2 saturated heterocycles. The maximum atomic E-state index is 12.8. The van der Waals surface area contributed by atoms with E-state index in [2.05, 4.69) is 0 Å². The Morgan fingerprint density at radius 1 is 1.09 bits per heavy atom. The Hall–Kier alpha value is -3.02. The number of rotatable bonds is 7. The highest BCUT2D eigenvalue weighted by Gasteiger charge is 2.37. The maximum Gasteiger partial charge on any atom is 0.339 e. The number of carbonyl (C=O) groups is 3. The van der Waals surface area contributed by atoms with Crippen LogP contribution in [0.1, 0.15) is 18.4 Å². The topological polar surface area (TPSA) is 110 Å². The molecule has 0 N–H and O–H groups in total. The summed E-state index contributed by atoms with van der Waals surface area (Å²) in [6, 6.07) is 9.91. The van der Waals surface area contributed by atoms with Gasteiger partial charge in [-0.3, -0.25) is 19.3 Å². The summed E-state index contributed by atoms with van der Waals surface area (Å²) in [6.07, 6.45) is 3.30. The van der Waals surface area contributed by atoms with Gasteiger partial charge in [-0.25, -0.2) is 0 Å². The Morgan fingerprint density at radius 2 is 1.77 bits per heavy atom. The number of halogens is 1. The molecule has 2 fully saturated rings. The first-order chi connectivity index (χ1) is 16.7. The monoisotopic (exact) mass is 536 g/mol. The van der Waals surface area contributed by atoms with Crippen molar-refractivity contribution in [3.05, 3.63) is 58.0 Å². The normalized spacial score (nSPS) is 17.4. The SMILES string of the molecule is COc1cc(/C=C2\SC(=O)N(CC(=O)N3CCCC3)C2=O)ccc1OS(=O)(=O)c1ccc(Cl)cc1. The van der Waals surface area contributed by atoms with Crippen molar-refractivity contribution in [2.75, 3.05) is 26.7 Å². The van der Waals surface area contributed by atoms with Gasteiger partial charge in [0.2, 0.25) is 5.91 Å². The van der Waals surface area contributed by atoms with Gasteiger partial charge in [0.1, 0.15) is 11.4 Å². The van der Waals surface area contributed by atoms with E-state index in [0.29, 0.717) is 23.7 Å². The van der Waals surface area contributed by atoms with Crippen LogP contribution >= 0.6 is 23.4 Å². The Balaban J connectivity index is 1.51. The smallest absolute Gasteiger partial charge is 0.339 e. The highest BCUT2D eigenvalue weighted by atomic mass is 35.5. The van der Waals surface area contributed by atoms with E-state index in [4.69, 9.17) is 20.5 Å². The van der Waals surface area contributed by atoms with Crippen molar-refractivity contribution < 1.29 is 31.7 Å². The number of likely N-dealkylation sites (tertiary alicyclic amines) is 1. The molecular formula is C23H21ClN2O7S2. The number of nitrogens with zero attached hydrogens (tertiary/aromatic N) is 2. The Kier molecular flexibility index (Phi) is 7.39. The van der Waals surface area contributed by atoms with Gasteiger partial charge in [-0.05, 0) is 72.6 Å². The Morgan fingerprint density at radius 3 is 2.43 bits per heavy atom. The number of hydrogen-bond acceptors (Lipinski definition) is 8. The summed E-state index contributed by atoms with van der Waals surface area (Å²) in [6.45, 7) is 0.973. The van der Waals surface area contributed by atoms with Gasteiger partial charge >= 0.3 is 10.1 Å². The van der Waals surface area contributed by atoms with Crippen LogP contribution < -0.4 is 8.92 Å². The number of imide groups is 1. The molecule has 0 radical (unpaired) electrons. The fraction of sp³-hybridized carbons (Fsp3) is 0.261. The lowest BCUT2D eigenvalue weighted by atomic mass is 10.2. The minimum absolute atomic E-state index is 0.0519. The fourth-order valence-corrected chi connectivity index (χ4v) is 5.50. The third-order valence-electron chi connectivity index (χ3n) is 5.41. The molecule has 0 bridgehead atoms. The second kappa shape index (κ2) is 10.3. The molecule has 0 spiro atoms. The molecule has 3 amide bonds. The zero-order valence-electron chi connectivity index (χ0n) is 18.6. The summed E-state index contributed by atoms with van der Waals surface area (Å²) in [5.41, 5.74) is 0.481. The van der Waals surface area contributed by atoms with E-state index in [0.717, 1.165) is 29.5 Å². The van der Waals surface area contributed by atoms with Crippen LogP contribution in [0.5, 0.6) is 11.5 Å². The molecule has 0 aliphatic carbocycles. The van der Waals surface area contributed by atoms with Crippen molar-refractivity contribution in [1.29, 1.82) is 0 Å². The summed E-state index contributed by atoms with van der Waals surface area (Å²) < 4.78 is 35.7. The zero-order chi connectivity index (χ0) is 25.2. The molecule has 2 aromatic rings. The molecule has 2 aliphatic heterocycles. The number of methoxy groups -OCH3 is 1. The quantitative estimate of drug-likeness (QED) is 0.388. The molecule has 0 saturated carbocycles. The molecule has 35 heavy (non-hydrogen) atoms. The lowest BCUT2D eigenvalue weighted by Gasteiger charge is -2.18. The van der Waals surface area contributed by atoms with Crippen molar-refractivity contribution in [2.45, 2.75) is 17.7 Å². The van der Waals surface area contributed by atoms with Crippen LogP contribution in [-0.4, -0.2) is 62.0 Å². The summed E-state index contributed by atoms with van der Waals surface area (Å²) in [7, 11) is -2.79. The van der Waals surface area contributed by atoms with E-state index < -0.39 is 21.3 Å². The van der Waals surface area contributed by atoms with Crippen molar-refractivity contribution in [1.82, 2.24) is 9.80 Å². The largest absolute Gasteiger partial charge is 0.493 e. The van der Waals surface area contributed by atoms with E-state index >= 15 is 0 Å².